The summed E-state index contributed by atoms with van der Waals surface area (Å²) in [5.41, 5.74) is 0. The molecule has 0 N–H and O–H groups in total. The van der Waals surface area contributed by atoms with Crippen LogP contribution in [0.4, 0.5) is 0 Å². The quantitative estimate of drug-likeness (QED) is 0.728. The van der Waals surface area contributed by atoms with Crippen molar-refractivity contribution in [2.75, 3.05) is 38.1 Å². The Hall–Kier alpha value is -0.0900. The minimum Gasteiger partial charge on any atom is -0.341 e. The molecule has 100 valence electrons. The zero-order valence-electron chi connectivity index (χ0n) is 11.1. The van der Waals surface area contributed by atoms with Crippen LogP contribution < -0.4 is 0 Å². The normalized spacial score (nSPS) is 18.5. The maximum absolute atomic E-state index is 12.0. The fourth-order valence-corrected chi connectivity index (χ4v) is 2.64. The van der Waals surface area contributed by atoms with Crippen LogP contribution in [0, 0.1) is 5.92 Å². The van der Waals surface area contributed by atoms with Crippen molar-refractivity contribution in [1.82, 2.24) is 9.80 Å². The minimum atomic E-state index is 0.347. The largest absolute Gasteiger partial charge is 0.341 e. The summed E-state index contributed by atoms with van der Waals surface area (Å²) < 4.78 is 0. The van der Waals surface area contributed by atoms with E-state index in [1.165, 1.54) is 0 Å². The first-order valence-corrected chi connectivity index (χ1v) is 7.81. The summed E-state index contributed by atoms with van der Waals surface area (Å²) in [6.07, 6.45) is 2.84. The maximum atomic E-state index is 12.0. The number of nitrogens with zero attached hydrogens (tertiary/aromatic N) is 2. The molecule has 4 heteroatoms. The van der Waals surface area contributed by atoms with Gasteiger partial charge in [-0.25, -0.2) is 0 Å². The summed E-state index contributed by atoms with van der Waals surface area (Å²) in [7, 11) is 0. The molecule has 0 aromatic carbocycles. The number of alkyl halides is 1. The van der Waals surface area contributed by atoms with Crippen molar-refractivity contribution >= 4 is 21.8 Å². The SMILES string of the molecule is CC(C)CCC(=O)N1CCCN(CCBr)CC1. The molecule has 0 saturated carbocycles. The van der Waals surface area contributed by atoms with Crippen LogP contribution in [0.25, 0.3) is 0 Å². The van der Waals surface area contributed by atoms with E-state index in [-0.39, 0.29) is 0 Å². The fraction of sp³-hybridized carbons (Fsp3) is 0.923. The minimum absolute atomic E-state index is 0.347. The molecule has 0 aromatic rings. The van der Waals surface area contributed by atoms with E-state index in [0.717, 1.165) is 57.3 Å². The van der Waals surface area contributed by atoms with E-state index in [9.17, 15) is 4.79 Å². The molecular formula is C13H25BrN2O. The second-order valence-electron chi connectivity index (χ2n) is 5.20. The van der Waals surface area contributed by atoms with Gasteiger partial charge in [-0.1, -0.05) is 29.8 Å². The van der Waals surface area contributed by atoms with E-state index < -0.39 is 0 Å². The van der Waals surface area contributed by atoms with Crippen LogP contribution in [0.15, 0.2) is 0 Å². The van der Waals surface area contributed by atoms with Crippen molar-refractivity contribution < 1.29 is 4.79 Å². The first-order chi connectivity index (χ1) is 8.13. The highest BCUT2D eigenvalue weighted by molar-refractivity contribution is 9.09. The molecule has 1 amide bonds. The van der Waals surface area contributed by atoms with Crippen molar-refractivity contribution in [2.24, 2.45) is 5.92 Å². The third-order valence-corrected chi connectivity index (χ3v) is 3.63. The molecule has 1 saturated heterocycles. The average Bonchev–Trinajstić information content (AvgIpc) is 2.52. The van der Waals surface area contributed by atoms with Gasteiger partial charge in [-0.2, -0.15) is 0 Å². The molecule has 1 rings (SSSR count). The average molecular weight is 305 g/mol. The van der Waals surface area contributed by atoms with Crippen LogP contribution in [0.1, 0.15) is 33.1 Å². The highest BCUT2D eigenvalue weighted by Crippen LogP contribution is 2.09. The van der Waals surface area contributed by atoms with Crippen molar-refractivity contribution in [3.63, 3.8) is 0 Å². The predicted molar refractivity (Wildman–Crippen MR) is 75.5 cm³/mol. The number of carbonyl (C=O) groups excluding carboxylic acids is 1. The number of rotatable bonds is 5. The molecule has 0 aliphatic carbocycles. The second-order valence-corrected chi connectivity index (χ2v) is 5.99. The van der Waals surface area contributed by atoms with E-state index in [4.69, 9.17) is 0 Å². The number of carbonyl (C=O) groups is 1. The van der Waals surface area contributed by atoms with E-state index in [1.54, 1.807) is 0 Å². The van der Waals surface area contributed by atoms with Crippen LogP contribution in [0.5, 0.6) is 0 Å². The molecule has 1 aliphatic heterocycles. The molecule has 17 heavy (non-hydrogen) atoms. The maximum Gasteiger partial charge on any atom is 0.222 e. The second kappa shape index (κ2) is 8.09. The highest BCUT2D eigenvalue weighted by Gasteiger charge is 2.18. The topological polar surface area (TPSA) is 23.6 Å². The Morgan fingerprint density at radius 2 is 2.00 bits per heavy atom. The van der Waals surface area contributed by atoms with Crippen molar-refractivity contribution in [3.05, 3.63) is 0 Å². The molecule has 0 aromatic heterocycles. The molecule has 1 aliphatic rings. The Labute approximate surface area is 114 Å². The lowest BCUT2D eigenvalue weighted by atomic mass is 10.1. The summed E-state index contributed by atoms with van der Waals surface area (Å²) in [4.78, 5) is 16.5. The third kappa shape index (κ3) is 5.87. The first kappa shape index (κ1) is 15.0. The van der Waals surface area contributed by atoms with E-state index >= 15 is 0 Å². The van der Waals surface area contributed by atoms with Crippen LogP contribution in [0.2, 0.25) is 0 Å². The molecule has 0 bridgehead atoms. The smallest absolute Gasteiger partial charge is 0.222 e. The summed E-state index contributed by atoms with van der Waals surface area (Å²) in [5, 5.41) is 1.02. The molecule has 1 fully saturated rings. The van der Waals surface area contributed by atoms with Gasteiger partial charge in [-0.05, 0) is 25.3 Å². The van der Waals surface area contributed by atoms with E-state index in [0.29, 0.717) is 11.8 Å². The monoisotopic (exact) mass is 304 g/mol. The third-order valence-electron chi connectivity index (χ3n) is 3.28. The summed E-state index contributed by atoms with van der Waals surface area (Å²) in [6, 6.07) is 0. The zero-order valence-corrected chi connectivity index (χ0v) is 12.7. The number of amides is 1. The lowest BCUT2D eigenvalue weighted by molar-refractivity contribution is -0.131. The van der Waals surface area contributed by atoms with E-state index in [1.807, 2.05) is 0 Å². The number of hydrogen-bond donors (Lipinski definition) is 0. The number of hydrogen-bond acceptors (Lipinski definition) is 2. The lowest BCUT2D eigenvalue weighted by Crippen LogP contribution is -2.35. The van der Waals surface area contributed by atoms with Gasteiger partial charge in [0.05, 0.1) is 0 Å². The molecule has 0 spiro atoms. The molecule has 0 unspecified atom stereocenters. The van der Waals surface area contributed by atoms with Gasteiger partial charge in [0.25, 0.3) is 0 Å². The Morgan fingerprint density at radius 1 is 1.24 bits per heavy atom. The van der Waals surface area contributed by atoms with Crippen LogP contribution in [-0.2, 0) is 4.79 Å². The summed E-state index contributed by atoms with van der Waals surface area (Å²) in [6.45, 7) is 9.44. The Balaban J connectivity index is 2.32. The van der Waals surface area contributed by atoms with Crippen LogP contribution >= 0.6 is 15.9 Å². The van der Waals surface area contributed by atoms with Crippen LogP contribution in [0.3, 0.4) is 0 Å². The van der Waals surface area contributed by atoms with Crippen molar-refractivity contribution in [1.29, 1.82) is 0 Å². The van der Waals surface area contributed by atoms with Gasteiger partial charge in [-0.15, -0.1) is 0 Å². The van der Waals surface area contributed by atoms with Crippen LogP contribution in [-0.4, -0.2) is 53.8 Å². The zero-order chi connectivity index (χ0) is 12.7. The van der Waals surface area contributed by atoms with Gasteiger partial charge in [0.2, 0.25) is 5.91 Å². The van der Waals surface area contributed by atoms with Gasteiger partial charge in [0.15, 0.2) is 0 Å². The lowest BCUT2D eigenvalue weighted by Gasteiger charge is -2.21. The molecule has 1 heterocycles. The highest BCUT2D eigenvalue weighted by atomic mass is 79.9. The Morgan fingerprint density at radius 3 is 2.65 bits per heavy atom. The molecule has 0 atom stereocenters. The predicted octanol–water partition coefficient (Wildman–Crippen LogP) is 2.35. The summed E-state index contributed by atoms with van der Waals surface area (Å²) in [5.74, 6) is 0.968. The van der Waals surface area contributed by atoms with Gasteiger partial charge in [0, 0.05) is 37.9 Å². The Kier molecular flexibility index (Phi) is 7.12. The van der Waals surface area contributed by atoms with Gasteiger partial charge >= 0.3 is 0 Å². The Bertz CT molecular complexity index is 233. The molecular weight excluding hydrogens is 280 g/mol. The first-order valence-electron chi connectivity index (χ1n) is 6.69. The van der Waals surface area contributed by atoms with Gasteiger partial charge in [0.1, 0.15) is 0 Å². The fourth-order valence-electron chi connectivity index (χ4n) is 2.13. The van der Waals surface area contributed by atoms with Crippen molar-refractivity contribution in [3.8, 4) is 0 Å². The van der Waals surface area contributed by atoms with E-state index in [2.05, 4.69) is 39.6 Å². The van der Waals surface area contributed by atoms with Crippen molar-refractivity contribution in [2.45, 2.75) is 33.1 Å². The standard InChI is InChI=1S/C13H25BrN2O/c1-12(2)4-5-13(17)16-8-3-7-15(9-6-14)10-11-16/h12H,3-11H2,1-2H3. The van der Waals surface area contributed by atoms with Gasteiger partial charge in [-0.3, -0.25) is 4.79 Å². The molecule has 3 nitrogen and oxygen atoms in total. The number of halogens is 1. The molecule has 0 radical (unpaired) electrons. The summed E-state index contributed by atoms with van der Waals surface area (Å²) >= 11 is 3.47. The van der Waals surface area contributed by atoms with Gasteiger partial charge < -0.3 is 9.80 Å².